The fourth-order valence-corrected chi connectivity index (χ4v) is 2.32. The van der Waals surface area contributed by atoms with Crippen LogP contribution in [0.15, 0.2) is 24.3 Å². The minimum absolute atomic E-state index is 0.453. The molecule has 0 radical (unpaired) electrons. The first-order valence-electron chi connectivity index (χ1n) is 7.27. The Labute approximate surface area is 111 Å². The fraction of sp³-hybridized carbons (Fsp3) is 0.625. The number of hydrogen-bond acceptors (Lipinski definition) is 2. The van der Waals surface area contributed by atoms with Crippen molar-refractivity contribution in [2.45, 2.75) is 64.6 Å². The van der Waals surface area contributed by atoms with Crippen molar-refractivity contribution in [3.8, 4) is 5.75 Å². The molecule has 100 valence electrons. The van der Waals surface area contributed by atoms with Crippen molar-refractivity contribution in [1.29, 1.82) is 0 Å². The molecule has 1 fully saturated rings. The molecular formula is C16H25NO. The quantitative estimate of drug-likeness (QED) is 0.823. The molecule has 1 saturated carbocycles. The van der Waals surface area contributed by atoms with Crippen LogP contribution in [-0.2, 0) is 6.54 Å². The Morgan fingerprint density at radius 1 is 1.22 bits per heavy atom. The molecule has 0 aliphatic heterocycles. The van der Waals surface area contributed by atoms with Gasteiger partial charge >= 0.3 is 0 Å². The molecule has 1 aliphatic carbocycles. The van der Waals surface area contributed by atoms with Gasteiger partial charge in [0.2, 0.25) is 0 Å². The summed E-state index contributed by atoms with van der Waals surface area (Å²) >= 11 is 0. The molecule has 1 N–H and O–H groups in total. The van der Waals surface area contributed by atoms with Crippen LogP contribution in [-0.4, -0.2) is 12.1 Å². The van der Waals surface area contributed by atoms with E-state index in [2.05, 4.69) is 43.4 Å². The minimum Gasteiger partial charge on any atom is -0.490 e. The highest BCUT2D eigenvalue weighted by Gasteiger charge is 2.16. The first kappa shape index (κ1) is 13.4. The van der Waals surface area contributed by atoms with Gasteiger partial charge in [0.1, 0.15) is 5.75 Å². The molecule has 0 heterocycles. The lowest BCUT2D eigenvalue weighted by molar-refractivity contribution is 0.210. The second-order valence-electron chi connectivity index (χ2n) is 5.36. The molecule has 0 unspecified atom stereocenters. The number of hydrogen-bond donors (Lipinski definition) is 1. The summed E-state index contributed by atoms with van der Waals surface area (Å²) in [6.45, 7) is 5.37. The molecule has 18 heavy (non-hydrogen) atoms. The Hall–Kier alpha value is -1.02. The Kier molecular flexibility index (Phi) is 5.06. The van der Waals surface area contributed by atoms with Gasteiger partial charge in [0.25, 0.3) is 0 Å². The van der Waals surface area contributed by atoms with E-state index < -0.39 is 0 Å². The maximum Gasteiger partial charge on any atom is 0.119 e. The Bertz CT molecular complexity index is 341. The van der Waals surface area contributed by atoms with Crippen molar-refractivity contribution in [3.05, 3.63) is 29.8 Å². The zero-order chi connectivity index (χ0) is 12.8. The molecule has 0 spiro atoms. The van der Waals surface area contributed by atoms with Gasteiger partial charge in [0, 0.05) is 12.6 Å². The van der Waals surface area contributed by atoms with Crippen LogP contribution < -0.4 is 10.1 Å². The molecule has 2 rings (SSSR count). The fourth-order valence-electron chi connectivity index (χ4n) is 2.32. The second kappa shape index (κ2) is 6.79. The monoisotopic (exact) mass is 247 g/mol. The Morgan fingerprint density at radius 3 is 2.50 bits per heavy atom. The van der Waals surface area contributed by atoms with Crippen LogP contribution in [0.5, 0.6) is 5.75 Å². The van der Waals surface area contributed by atoms with Crippen LogP contribution in [0.4, 0.5) is 0 Å². The van der Waals surface area contributed by atoms with Gasteiger partial charge in [-0.2, -0.15) is 0 Å². The van der Waals surface area contributed by atoms with E-state index in [1.165, 1.54) is 37.7 Å². The van der Waals surface area contributed by atoms with E-state index in [1.807, 2.05) is 0 Å². The van der Waals surface area contributed by atoms with Crippen LogP contribution in [0.1, 0.15) is 51.5 Å². The van der Waals surface area contributed by atoms with Crippen LogP contribution in [0.2, 0.25) is 0 Å². The van der Waals surface area contributed by atoms with Gasteiger partial charge in [-0.3, -0.25) is 0 Å². The molecule has 0 saturated heterocycles. The van der Waals surface area contributed by atoms with E-state index in [9.17, 15) is 0 Å². The molecule has 1 aromatic rings. The van der Waals surface area contributed by atoms with Crippen molar-refractivity contribution in [2.75, 3.05) is 0 Å². The summed E-state index contributed by atoms with van der Waals surface area (Å²) < 4.78 is 5.96. The summed E-state index contributed by atoms with van der Waals surface area (Å²) in [4.78, 5) is 0. The van der Waals surface area contributed by atoms with E-state index in [-0.39, 0.29) is 0 Å². The van der Waals surface area contributed by atoms with Crippen molar-refractivity contribution >= 4 is 0 Å². The lowest BCUT2D eigenvalue weighted by atomic mass is 10.2. The summed E-state index contributed by atoms with van der Waals surface area (Å²) in [7, 11) is 0. The highest BCUT2D eigenvalue weighted by atomic mass is 16.5. The highest BCUT2D eigenvalue weighted by Crippen LogP contribution is 2.24. The smallest absolute Gasteiger partial charge is 0.119 e. The van der Waals surface area contributed by atoms with Crippen molar-refractivity contribution in [1.82, 2.24) is 5.32 Å². The lowest BCUT2D eigenvalue weighted by Crippen LogP contribution is -2.24. The van der Waals surface area contributed by atoms with Gasteiger partial charge in [-0.1, -0.05) is 19.1 Å². The first-order chi connectivity index (χ1) is 8.78. The van der Waals surface area contributed by atoms with Gasteiger partial charge < -0.3 is 10.1 Å². The maximum atomic E-state index is 5.96. The van der Waals surface area contributed by atoms with Gasteiger partial charge in [0.15, 0.2) is 0 Å². The van der Waals surface area contributed by atoms with Crippen molar-refractivity contribution in [3.63, 3.8) is 0 Å². The normalized spacial score (nSPS) is 17.9. The average molecular weight is 247 g/mol. The van der Waals surface area contributed by atoms with Gasteiger partial charge in [-0.15, -0.1) is 0 Å². The van der Waals surface area contributed by atoms with E-state index in [0.717, 1.165) is 12.3 Å². The summed E-state index contributed by atoms with van der Waals surface area (Å²) in [6.07, 6.45) is 6.70. The zero-order valence-corrected chi connectivity index (χ0v) is 11.6. The number of ether oxygens (including phenoxy) is 1. The second-order valence-corrected chi connectivity index (χ2v) is 5.36. The van der Waals surface area contributed by atoms with Crippen molar-refractivity contribution < 1.29 is 4.74 Å². The van der Waals surface area contributed by atoms with E-state index in [1.54, 1.807) is 0 Å². The molecule has 0 amide bonds. The third-order valence-corrected chi connectivity index (χ3v) is 3.80. The minimum atomic E-state index is 0.453. The van der Waals surface area contributed by atoms with Gasteiger partial charge in [-0.25, -0.2) is 0 Å². The van der Waals surface area contributed by atoms with Crippen LogP contribution in [0.3, 0.4) is 0 Å². The Morgan fingerprint density at radius 2 is 1.89 bits per heavy atom. The summed E-state index contributed by atoms with van der Waals surface area (Å²) in [5.41, 5.74) is 1.33. The molecule has 2 nitrogen and oxygen atoms in total. The topological polar surface area (TPSA) is 21.3 Å². The predicted molar refractivity (Wildman–Crippen MR) is 75.9 cm³/mol. The van der Waals surface area contributed by atoms with Gasteiger partial charge in [-0.05, 0) is 56.7 Å². The van der Waals surface area contributed by atoms with E-state index in [4.69, 9.17) is 4.74 Å². The average Bonchev–Trinajstić information content (AvgIpc) is 2.90. The molecular weight excluding hydrogens is 222 g/mol. The number of rotatable bonds is 6. The molecule has 1 aliphatic rings. The SMILES string of the molecule is CC[C@H](C)NCc1ccc(OC2CCCC2)cc1. The Balaban J connectivity index is 1.81. The first-order valence-corrected chi connectivity index (χ1v) is 7.27. The molecule has 0 bridgehead atoms. The maximum absolute atomic E-state index is 5.96. The molecule has 2 heteroatoms. The third-order valence-electron chi connectivity index (χ3n) is 3.80. The van der Waals surface area contributed by atoms with Crippen molar-refractivity contribution in [2.24, 2.45) is 0 Å². The lowest BCUT2D eigenvalue weighted by Gasteiger charge is -2.14. The highest BCUT2D eigenvalue weighted by molar-refractivity contribution is 5.27. The predicted octanol–water partition coefficient (Wildman–Crippen LogP) is 3.90. The number of benzene rings is 1. The van der Waals surface area contributed by atoms with Crippen LogP contribution >= 0.6 is 0 Å². The standard InChI is InChI=1S/C16H25NO/c1-3-13(2)17-12-14-8-10-16(11-9-14)18-15-6-4-5-7-15/h8-11,13,15,17H,3-7,12H2,1-2H3/t13-/m0/s1. The van der Waals surface area contributed by atoms with E-state index >= 15 is 0 Å². The largest absolute Gasteiger partial charge is 0.490 e. The summed E-state index contributed by atoms with van der Waals surface area (Å²) in [6, 6.07) is 9.12. The molecule has 1 aromatic carbocycles. The zero-order valence-electron chi connectivity index (χ0n) is 11.6. The van der Waals surface area contributed by atoms with E-state index in [0.29, 0.717) is 12.1 Å². The van der Waals surface area contributed by atoms with Crippen LogP contribution in [0, 0.1) is 0 Å². The van der Waals surface area contributed by atoms with Crippen LogP contribution in [0.25, 0.3) is 0 Å². The summed E-state index contributed by atoms with van der Waals surface area (Å²) in [5.74, 6) is 1.02. The molecule has 1 atom stereocenters. The third kappa shape index (κ3) is 4.02. The molecule has 0 aromatic heterocycles. The number of nitrogens with one attached hydrogen (secondary N) is 1. The van der Waals surface area contributed by atoms with Gasteiger partial charge in [0.05, 0.1) is 6.10 Å². The summed E-state index contributed by atoms with van der Waals surface area (Å²) in [5, 5.41) is 3.50.